The Hall–Kier alpha value is -2.00. The van der Waals surface area contributed by atoms with E-state index in [2.05, 4.69) is 6.92 Å². The SMILES string of the molecule is CCCOC1CCC(C2CCC(C(=O)Oc3ccc(C#N)c(F)c3F)CC2)CC1. The Morgan fingerprint density at radius 3 is 2.24 bits per heavy atom. The number of halogens is 2. The summed E-state index contributed by atoms with van der Waals surface area (Å²) in [6, 6.07) is 3.83. The summed E-state index contributed by atoms with van der Waals surface area (Å²) in [5, 5.41) is 8.73. The molecule has 29 heavy (non-hydrogen) atoms. The fraction of sp³-hybridized carbons (Fsp3) is 0.652. The number of ether oxygens (including phenoxy) is 2. The van der Waals surface area contributed by atoms with Crippen LogP contribution in [0.25, 0.3) is 0 Å². The number of carbonyl (C=O) groups is 1. The van der Waals surface area contributed by atoms with Gasteiger partial charge in [0.25, 0.3) is 0 Å². The van der Waals surface area contributed by atoms with Crippen LogP contribution in [0.1, 0.15) is 70.3 Å². The Balaban J connectivity index is 1.47. The molecule has 1 aromatic carbocycles. The minimum absolute atomic E-state index is 0.284. The minimum Gasteiger partial charge on any atom is -0.423 e. The molecule has 0 atom stereocenters. The molecule has 0 aromatic heterocycles. The van der Waals surface area contributed by atoms with E-state index >= 15 is 0 Å². The summed E-state index contributed by atoms with van der Waals surface area (Å²) in [5.74, 6) is -2.49. The third kappa shape index (κ3) is 5.33. The molecule has 4 nitrogen and oxygen atoms in total. The first kappa shape index (κ1) is 21.7. The van der Waals surface area contributed by atoms with Crippen LogP contribution in [0.3, 0.4) is 0 Å². The highest BCUT2D eigenvalue weighted by atomic mass is 19.2. The van der Waals surface area contributed by atoms with E-state index < -0.39 is 28.9 Å². The van der Waals surface area contributed by atoms with Crippen LogP contribution in [-0.2, 0) is 9.53 Å². The van der Waals surface area contributed by atoms with Crippen molar-refractivity contribution in [3.8, 4) is 11.8 Å². The first-order chi connectivity index (χ1) is 14.0. The molecule has 0 aliphatic heterocycles. The molecular weight excluding hydrogens is 376 g/mol. The van der Waals surface area contributed by atoms with E-state index in [4.69, 9.17) is 14.7 Å². The van der Waals surface area contributed by atoms with Crippen LogP contribution in [-0.4, -0.2) is 18.7 Å². The molecule has 2 aliphatic rings. The normalized spacial score (nSPS) is 27.2. The molecule has 6 heteroatoms. The predicted molar refractivity (Wildman–Crippen MR) is 104 cm³/mol. The lowest BCUT2D eigenvalue weighted by atomic mass is 9.70. The van der Waals surface area contributed by atoms with E-state index in [1.165, 1.54) is 12.8 Å². The van der Waals surface area contributed by atoms with Gasteiger partial charge in [0.2, 0.25) is 5.82 Å². The predicted octanol–water partition coefficient (Wildman–Crippen LogP) is 5.53. The van der Waals surface area contributed by atoms with E-state index in [1.54, 1.807) is 6.07 Å². The molecule has 0 radical (unpaired) electrons. The average molecular weight is 405 g/mol. The Morgan fingerprint density at radius 1 is 1.03 bits per heavy atom. The van der Waals surface area contributed by atoms with E-state index in [-0.39, 0.29) is 5.92 Å². The van der Waals surface area contributed by atoms with Crippen LogP contribution < -0.4 is 4.74 Å². The second kappa shape index (κ2) is 10.2. The first-order valence-corrected chi connectivity index (χ1v) is 10.7. The summed E-state index contributed by atoms with van der Waals surface area (Å²) in [6.45, 7) is 2.97. The minimum atomic E-state index is -1.28. The maximum Gasteiger partial charge on any atom is 0.314 e. The lowest BCUT2D eigenvalue weighted by molar-refractivity contribution is -0.140. The van der Waals surface area contributed by atoms with Crippen LogP contribution in [0.5, 0.6) is 5.75 Å². The van der Waals surface area contributed by atoms with E-state index in [0.29, 0.717) is 17.9 Å². The van der Waals surface area contributed by atoms with Crippen molar-refractivity contribution in [2.45, 2.75) is 70.8 Å². The lowest BCUT2D eigenvalue weighted by Gasteiger charge is -2.37. The third-order valence-corrected chi connectivity index (χ3v) is 6.43. The topological polar surface area (TPSA) is 59.3 Å². The lowest BCUT2D eigenvalue weighted by Crippen LogP contribution is -2.31. The highest BCUT2D eigenvalue weighted by molar-refractivity contribution is 5.75. The van der Waals surface area contributed by atoms with Crippen molar-refractivity contribution in [2.75, 3.05) is 6.61 Å². The zero-order valence-electron chi connectivity index (χ0n) is 17.0. The Bertz CT molecular complexity index is 745. The molecule has 0 saturated heterocycles. The molecule has 2 fully saturated rings. The number of rotatable bonds is 6. The highest BCUT2D eigenvalue weighted by Gasteiger charge is 2.34. The maximum absolute atomic E-state index is 14.0. The van der Waals surface area contributed by atoms with Gasteiger partial charge in [0.15, 0.2) is 11.6 Å². The molecule has 1 aromatic rings. The van der Waals surface area contributed by atoms with Gasteiger partial charge in [-0.2, -0.15) is 9.65 Å². The molecule has 0 bridgehead atoms. The number of esters is 1. The van der Waals surface area contributed by atoms with Gasteiger partial charge in [-0.3, -0.25) is 4.79 Å². The summed E-state index contributed by atoms with van der Waals surface area (Å²) < 4.78 is 38.7. The van der Waals surface area contributed by atoms with Gasteiger partial charge in [0.05, 0.1) is 17.6 Å². The zero-order chi connectivity index (χ0) is 20.8. The number of hydrogen-bond acceptors (Lipinski definition) is 4. The van der Waals surface area contributed by atoms with Gasteiger partial charge >= 0.3 is 5.97 Å². The average Bonchev–Trinajstić information content (AvgIpc) is 2.76. The Morgan fingerprint density at radius 2 is 1.66 bits per heavy atom. The van der Waals surface area contributed by atoms with Crippen molar-refractivity contribution in [1.82, 2.24) is 0 Å². The van der Waals surface area contributed by atoms with Crippen molar-refractivity contribution in [3.63, 3.8) is 0 Å². The molecule has 2 saturated carbocycles. The smallest absolute Gasteiger partial charge is 0.314 e. The molecule has 2 aliphatic carbocycles. The molecule has 0 heterocycles. The summed E-state index contributed by atoms with van der Waals surface area (Å²) >= 11 is 0. The van der Waals surface area contributed by atoms with Gasteiger partial charge in [0, 0.05) is 6.61 Å². The number of carbonyl (C=O) groups excluding carboxylic acids is 1. The highest BCUT2D eigenvalue weighted by Crippen LogP contribution is 2.41. The van der Waals surface area contributed by atoms with Crippen molar-refractivity contribution in [2.24, 2.45) is 17.8 Å². The third-order valence-electron chi connectivity index (χ3n) is 6.43. The number of nitriles is 1. The quantitative estimate of drug-likeness (QED) is 0.461. The van der Waals surface area contributed by atoms with Gasteiger partial charge in [-0.15, -0.1) is 0 Å². The molecule has 0 unspecified atom stereocenters. The molecule has 0 amide bonds. The van der Waals surface area contributed by atoms with Crippen molar-refractivity contribution in [1.29, 1.82) is 5.26 Å². The molecule has 3 rings (SSSR count). The standard InChI is InChI=1S/C23H29F2NO3/c1-2-13-28-19-10-7-16(8-11-19)15-3-5-17(6-4-15)23(27)29-20-12-9-18(14-26)21(24)22(20)25/h9,12,15-17,19H,2-8,10-11,13H2,1H3. The van der Waals surface area contributed by atoms with Crippen LogP contribution >= 0.6 is 0 Å². The fourth-order valence-electron chi connectivity index (χ4n) is 4.73. The van der Waals surface area contributed by atoms with Crippen molar-refractivity contribution in [3.05, 3.63) is 29.3 Å². The Labute approximate surface area is 171 Å². The Kier molecular flexibility index (Phi) is 7.60. The first-order valence-electron chi connectivity index (χ1n) is 10.7. The van der Waals surface area contributed by atoms with E-state index in [1.807, 2.05) is 0 Å². The second-order valence-corrected chi connectivity index (χ2v) is 8.29. The van der Waals surface area contributed by atoms with Gasteiger partial charge in [-0.05, 0) is 81.8 Å². The van der Waals surface area contributed by atoms with Crippen molar-refractivity contribution >= 4 is 5.97 Å². The largest absolute Gasteiger partial charge is 0.423 e. The fourth-order valence-corrected chi connectivity index (χ4v) is 4.73. The van der Waals surface area contributed by atoms with Gasteiger partial charge in [0.1, 0.15) is 6.07 Å². The molecular formula is C23H29F2NO3. The van der Waals surface area contributed by atoms with Gasteiger partial charge in [-0.25, -0.2) is 4.39 Å². The van der Waals surface area contributed by atoms with Gasteiger partial charge < -0.3 is 9.47 Å². The molecule has 0 spiro atoms. The molecule has 158 valence electrons. The van der Waals surface area contributed by atoms with E-state index in [9.17, 15) is 13.6 Å². The zero-order valence-corrected chi connectivity index (χ0v) is 17.0. The number of benzene rings is 1. The van der Waals surface area contributed by atoms with Crippen LogP contribution in [0.4, 0.5) is 8.78 Å². The van der Waals surface area contributed by atoms with Crippen LogP contribution in [0.15, 0.2) is 12.1 Å². The second-order valence-electron chi connectivity index (χ2n) is 8.29. The summed E-state index contributed by atoms with van der Waals surface area (Å²) in [4.78, 5) is 12.4. The summed E-state index contributed by atoms with van der Waals surface area (Å²) in [7, 11) is 0. The summed E-state index contributed by atoms with van der Waals surface area (Å²) in [6.07, 6.45) is 9.44. The number of hydrogen-bond donors (Lipinski definition) is 0. The molecule has 0 N–H and O–H groups in total. The maximum atomic E-state index is 14.0. The van der Waals surface area contributed by atoms with Crippen molar-refractivity contribution < 1.29 is 23.0 Å². The van der Waals surface area contributed by atoms with Gasteiger partial charge in [-0.1, -0.05) is 6.92 Å². The van der Waals surface area contributed by atoms with Crippen LogP contribution in [0.2, 0.25) is 0 Å². The summed E-state index contributed by atoms with van der Waals surface area (Å²) in [5.41, 5.74) is -0.405. The number of nitrogens with zero attached hydrogens (tertiary/aromatic N) is 1. The van der Waals surface area contributed by atoms with E-state index in [0.717, 1.165) is 63.7 Å². The van der Waals surface area contributed by atoms with Crippen LogP contribution in [0, 0.1) is 40.7 Å². The monoisotopic (exact) mass is 405 g/mol.